The third kappa shape index (κ3) is 7.44. The summed E-state index contributed by atoms with van der Waals surface area (Å²) in [5.74, 6) is 5.26. The van der Waals surface area contributed by atoms with Gasteiger partial charge in [-0.1, -0.05) is 61.8 Å². The van der Waals surface area contributed by atoms with Gasteiger partial charge in [-0.3, -0.25) is 0 Å². The SMILES string of the molecule is CCC(CC(C)CC(C)CC(C)C)C(C)C(C)C. The van der Waals surface area contributed by atoms with E-state index < -0.39 is 0 Å². The molecule has 4 atom stereocenters. The Labute approximate surface area is 117 Å². The van der Waals surface area contributed by atoms with Gasteiger partial charge in [0, 0.05) is 0 Å². The minimum Gasteiger partial charge on any atom is -0.0651 e. The first-order chi connectivity index (χ1) is 8.27. The summed E-state index contributed by atoms with van der Waals surface area (Å²) in [7, 11) is 0. The molecule has 0 heterocycles. The van der Waals surface area contributed by atoms with Crippen molar-refractivity contribution in [2.24, 2.45) is 35.5 Å². The van der Waals surface area contributed by atoms with Crippen LogP contribution < -0.4 is 0 Å². The fourth-order valence-electron chi connectivity index (χ4n) is 3.50. The van der Waals surface area contributed by atoms with E-state index in [9.17, 15) is 0 Å². The Morgan fingerprint density at radius 1 is 0.667 bits per heavy atom. The minimum atomic E-state index is 0.829. The Morgan fingerprint density at radius 3 is 1.56 bits per heavy atom. The van der Waals surface area contributed by atoms with Crippen molar-refractivity contribution in [2.45, 2.75) is 81.1 Å². The summed E-state index contributed by atoms with van der Waals surface area (Å²) in [5.41, 5.74) is 0. The molecule has 0 nitrogen and oxygen atoms in total. The third-order valence-corrected chi connectivity index (χ3v) is 4.70. The lowest BCUT2D eigenvalue weighted by Crippen LogP contribution is -2.20. The molecule has 0 amide bonds. The summed E-state index contributed by atoms with van der Waals surface area (Å²) < 4.78 is 0. The summed E-state index contributed by atoms with van der Waals surface area (Å²) in [6.07, 6.45) is 5.58. The summed E-state index contributed by atoms with van der Waals surface area (Å²) in [4.78, 5) is 0. The normalized spacial score (nSPS) is 19.0. The molecule has 0 spiro atoms. The predicted molar refractivity (Wildman–Crippen MR) is 84.8 cm³/mol. The van der Waals surface area contributed by atoms with Crippen LogP contribution in [0.2, 0.25) is 0 Å². The lowest BCUT2D eigenvalue weighted by molar-refractivity contribution is 0.211. The molecule has 0 aromatic heterocycles. The maximum Gasteiger partial charge on any atom is -0.0386 e. The van der Waals surface area contributed by atoms with Crippen LogP contribution in [-0.2, 0) is 0 Å². The van der Waals surface area contributed by atoms with E-state index >= 15 is 0 Å². The zero-order chi connectivity index (χ0) is 14.3. The van der Waals surface area contributed by atoms with Gasteiger partial charge in [0.15, 0.2) is 0 Å². The van der Waals surface area contributed by atoms with Crippen LogP contribution >= 0.6 is 0 Å². The van der Waals surface area contributed by atoms with Crippen molar-refractivity contribution in [1.29, 1.82) is 0 Å². The molecule has 0 rings (SSSR count). The van der Waals surface area contributed by atoms with E-state index in [1.165, 1.54) is 25.7 Å². The van der Waals surface area contributed by atoms with Gasteiger partial charge < -0.3 is 0 Å². The van der Waals surface area contributed by atoms with Crippen molar-refractivity contribution in [2.75, 3.05) is 0 Å². The monoisotopic (exact) mass is 254 g/mol. The highest BCUT2D eigenvalue weighted by atomic mass is 14.3. The standard InChI is InChI=1S/C18H38/c1-9-18(17(8)14(4)5)12-16(7)11-15(6)10-13(2)3/h13-18H,9-12H2,1-8H3. The molecule has 0 aliphatic carbocycles. The molecular formula is C18H38. The van der Waals surface area contributed by atoms with E-state index in [-0.39, 0.29) is 0 Å². The van der Waals surface area contributed by atoms with Crippen molar-refractivity contribution >= 4 is 0 Å². The first-order valence-electron chi connectivity index (χ1n) is 8.27. The van der Waals surface area contributed by atoms with Crippen LogP contribution in [0.3, 0.4) is 0 Å². The average molecular weight is 255 g/mol. The van der Waals surface area contributed by atoms with Gasteiger partial charge >= 0.3 is 0 Å². The van der Waals surface area contributed by atoms with Crippen molar-refractivity contribution in [1.82, 2.24) is 0 Å². The van der Waals surface area contributed by atoms with Crippen molar-refractivity contribution < 1.29 is 0 Å². The zero-order valence-electron chi connectivity index (χ0n) is 14.3. The number of hydrogen-bond donors (Lipinski definition) is 0. The smallest absolute Gasteiger partial charge is 0.0386 e. The van der Waals surface area contributed by atoms with Gasteiger partial charge in [0.25, 0.3) is 0 Å². The molecule has 0 fully saturated rings. The van der Waals surface area contributed by atoms with Gasteiger partial charge in [-0.25, -0.2) is 0 Å². The van der Waals surface area contributed by atoms with Crippen molar-refractivity contribution in [3.63, 3.8) is 0 Å². The van der Waals surface area contributed by atoms with Crippen molar-refractivity contribution in [3.8, 4) is 0 Å². The van der Waals surface area contributed by atoms with E-state index in [1.54, 1.807) is 0 Å². The fraction of sp³-hybridized carbons (Fsp3) is 1.00. The number of rotatable bonds is 9. The minimum absolute atomic E-state index is 0.829. The van der Waals surface area contributed by atoms with Crippen LogP contribution in [0.15, 0.2) is 0 Å². The average Bonchev–Trinajstić information content (AvgIpc) is 2.23. The second kappa shape index (κ2) is 8.99. The van der Waals surface area contributed by atoms with Gasteiger partial charge in [-0.15, -0.1) is 0 Å². The first kappa shape index (κ1) is 18.0. The highest BCUT2D eigenvalue weighted by Gasteiger charge is 2.21. The summed E-state index contributed by atoms with van der Waals surface area (Å²) in [6.45, 7) is 19.2. The van der Waals surface area contributed by atoms with Gasteiger partial charge in [-0.2, -0.15) is 0 Å². The van der Waals surface area contributed by atoms with Gasteiger partial charge in [-0.05, 0) is 54.8 Å². The molecule has 0 radical (unpaired) electrons. The van der Waals surface area contributed by atoms with Gasteiger partial charge in [0.1, 0.15) is 0 Å². The molecule has 0 aliphatic rings. The van der Waals surface area contributed by atoms with E-state index in [0.717, 1.165) is 35.5 Å². The van der Waals surface area contributed by atoms with Gasteiger partial charge in [0.2, 0.25) is 0 Å². The fourth-order valence-corrected chi connectivity index (χ4v) is 3.50. The number of hydrogen-bond acceptors (Lipinski definition) is 0. The molecule has 110 valence electrons. The molecule has 0 saturated carbocycles. The Kier molecular flexibility index (Phi) is 8.99. The summed E-state index contributed by atoms with van der Waals surface area (Å²) >= 11 is 0. The maximum absolute atomic E-state index is 2.46. The maximum atomic E-state index is 2.46. The summed E-state index contributed by atoms with van der Waals surface area (Å²) in [6, 6.07) is 0. The molecule has 0 saturated heterocycles. The Balaban J connectivity index is 4.14. The van der Waals surface area contributed by atoms with Gasteiger partial charge in [0.05, 0.1) is 0 Å². The Morgan fingerprint density at radius 2 is 1.17 bits per heavy atom. The Hall–Kier alpha value is 0. The van der Waals surface area contributed by atoms with Crippen LogP contribution in [0.1, 0.15) is 81.1 Å². The first-order valence-corrected chi connectivity index (χ1v) is 8.27. The molecule has 0 heteroatoms. The van der Waals surface area contributed by atoms with E-state index in [0.29, 0.717) is 0 Å². The highest BCUT2D eigenvalue weighted by molar-refractivity contribution is 4.72. The lowest BCUT2D eigenvalue weighted by atomic mass is 9.76. The molecule has 4 unspecified atom stereocenters. The molecule has 0 bridgehead atoms. The van der Waals surface area contributed by atoms with Crippen LogP contribution in [0.25, 0.3) is 0 Å². The Bertz CT molecular complexity index is 192. The van der Waals surface area contributed by atoms with E-state index in [1.807, 2.05) is 0 Å². The van der Waals surface area contributed by atoms with Crippen LogP contribution in [-0.4, -0.2) is 0 Å². The zero-order valence-corrected chi connectivity index (χ0v) is 14.3. The quantitative estimate of drug-likeness (QED) is 0.446. The van der Waals surface area contributed by atoms with Crippen LogP contribution in [0.4, 0.5) is 0 Å². The molecule has 0 N–H and O–H groups in total. The van der Waals surface area contributed by atoms with Crippen LogP contribution in [0.5, 0.6) is 0 Å². The predicted octanol–water partition coefficient (Wildman–Crippen LogP) is 6.40. The second-order valence-corrected chi connectivity index (χ2v) is 7.58. The molecular weight excluding hydrogens is 216 g/mol. The highest BCUT2D eigenvalue weighted by Crippen LogP contribution is 2.32. The second-order valence-electron chi connectivity index (χ2n) is 7.58. The third-order valence-electron chi connectivity index (χ3n) is 4.70. The van der Waals surface area contributed by atoms with E-state index in [2.05, 4.69) is 55.4 Å². The molecule has 0 aliphatic heterocycles. The molecule has 18 heavy (non-hydrogen) atoms. The topological polar surface area (TPSA) is 0 Å². The molecule has 0 aromatic rings. The van der Waals surface area contributed by atoms with Crippen molar-refractivity contribution in [3.05, 3.63) is 0 Å². The largest absolute Gasteiger partial charge is 0.0651 e. The lowest BCUT2D eigenvalue weighted by Gasteiger charge is -2.29. The van der Waals surface area contributed by atoms with E-state index in [4.69, 9.17) is 0 Å². The summed E-state index contributed by atoms with van der Waals surface area (Å²) in [5, 5.41) is 0. The van der Waals surface area contributed by atoms with Crippen LogP contribution in [0, 0.1) is 35.5 Å². The molecule has 0 aromatic carbocycles.